The largest absolute Gasteiger partial charge is 0.404 e. The van der Waals surface area contributed by atoms with E-state index in [4.69, 9.17) is 4.43 Å². The van der Waals surface area contributed by atoms with Crippen LogP contribution in [0.25, 0.3) is 0 Å². The molecule has 1 aromatic carbocycles. The second-order valence-corrected chi connectivity index (χ2v) is 9.46. The minimum atomic E-state index is -1.61. The first-order valence-corrected chi connectivity index (χ1v) is 8.92. The van der Waals surface area contributed by atoms with Crippen LogP contribution in [0, 0.1) is 0 Å². The number of rotatable bonds is 3. The number of β-lactam (4-membered cyclic amide) rings is 1. The molecule has 1 aromatic rings. The summed E-state index contributed by atoms with van der Waals surface area (Å²) >= 11 is 0. The highest BCUT2D eigenvalue weighted by Gasteiger charge is 2.40. The molecule has 1 heterocycles. The van der Waals surface area contributed by atoms with Crippen molar-refractivity contribution < 1.29 is 9.22 Å². The highest BCUT2D eigenvalue weighted by Crippen LogP contribution is 2.25. The molecule has 0 saturated carbocycles. The molecular formula is C12H17NO2Si. The van der Waals surface area contributed by atoms with Crippen LogP contribution < -0.4 is 4.90 Å². The number of nitrogens with zero attached hydrogens (tertiary/aromatic N) is 1. The molecule has 1 fully saturated rings. The normalized spacial score (nSPS) is 20.8. The van der Waals surface area contributed by atoms with Gasteiger partial charge in [0, 0.05) is 5.69 Å². The Labute approximate surface area is 97.2 Å². The first-order chi connectivity index (χ1) is 7.47. The van der Waals surface area contributed by atoms with Crippen LogP contribution >= 0.6 is 0 Å². The summed E-state index contributed by atoms with van der Waals surface area (Å²) < 4.78 is 5.79. The van der Waals surface area contributed by atoms with E-state index in [2.05, 4.69) is 19.6 Å². The van der Waals surface area contributed by atoms with Gasteiger partial charge in [0.2, 0.25) is 0 Å². The van der Waals surface area contributed by atoms with Gasteiger partial charge in [-0.2, -0.15) is 0 Å². The lowest BCUT2D eigenvalue weighted by Gasteiger charge is -2.40. The Bertz CT molecular complexity index is 386. The molecule has 1 amide bonds. The van der Waals surface area contributed by atoms with Crippen LogP contribution in [-0.2, 0) is 9.22 Å². The van der Waals surface area contributed by atoms with Gasteiger partial charge in [-0.1, -0.05) is 18.2 Å². The zero-order valence-electron chi connectivity index (χ0n) is 9.93. The summed E-state index contributed by atoms with van der Waals surface area (Å²) in [4.78, 5) is 13.6. The summed E-state index contributed by atoms with van der Waals surface area (Å²) in [7, 11) is -1.61. The quantitative estimate of drug-likeness (QED) is 0.594. The van der Waals surface area contributed by atoms with Gasteiger partial charge >= 0.3 is 0 Å². The molecule has 86 valence electrons. The van der Waals surface area contributed by atoms with Gasteiger partial charge in [0.15, 0.2) is 8.32 Å². The lowest BCUT2D eigenvalue weighted by atomic mass is 10.1. The second-order valence-electron chi connectivity index (χ2n) is 5.00. The number of benzene rings is 1. The molecule has 1 aliphatic rings. The van der Waals surface area contributed by atoms with Crippen molar-refractivity contribution in [3.63, 3.8) is 0 Å². The molecule has 0 N–H and O–H groups in total. The molecule has 0 aromatic heterocycles. The molecule has 1 aliphatic heterocycles. The summed E-state index contributed by atoms with van der Waals surface area (Å²) in [6, 6.07) is 9.72. The molecule has 0 radical (unpaired) electrons. The van der Waals surface area contributed by atoms with E-state index < -0.39 is 8.32 Å². The first-order valence-electron chi connectivity index (χ1n) is 5.51. The minimum Gasteiger partial charge on any atom is -0.404 e. The van der Waals surface area contributed by atoms with E-state index >= 15 is 0 Å². The first kappa shape index (κ1) is 11.4. The minimum absolute atomic E-state index is 0.0913. The van der Waals surface area contributed by atoms with E-state index in [0.29, 0.717) is 6.54 Å². The van der Waals surface area contributed by atoms with E-state index in [9.17, 15) is 4.79 Å². The Balaban J connectivity index is 1.98. The highest BCUT2D eigenvalue weighted by molar-refractivity contribution is 6.70. The zero-order valence-corrected chi connectivity index (χ0v) is 10.9. The lowest BCUT2D eigenvalue weighted by Crippen LogP contribution is -2.60. The Kier molecular flexibility index (Phi) is 2.86. The zero-order chi connectivity index (χ0) is 11.8. The number of hydrogen-bond acceptors (Lipinski definition) is 2. The average molecular weight is 235 g/mol. The number of amides is 1. The Morgan fingerprint density at radius 1 is 1.25 bits per heavy atom. The van der Waals surface area contributed by atoms with Gasteiger partial charge in [-0.3, -0.25) is 4.79 Å². The van der Waals surface area contributed by atoms with Crippen LogP contribution in [0.15, 0.2) is 30.3 Å². The number of hydrogen-bond donors (Lipinski definition) is 0. The van der Waals surface area contributed by atoms with Crippen molar-refractivity contribution in [3.05, 3.63) is 30.3 Å². The van der Waals surface area contributed by atoms with Gasteiger partial charge in [-0.25, -0.2) is 0 Å². The Hall–Kier alpha value is -1.13. The summed E-state index contributed by atoms with van der Waals surface area (Å²) in [6.07, 6.45) is -0.216. The van der Waals surface area contributed by atoms with E-state index in [0.717, 1.165) is 5.69 Å². The molecule has 2 rings (SSSR count). The summed E-state index contributed by atoms with van der Waals surface area (Å²) in [6.45, 7) is 7.00. The third kappa shape index (κ3) is 2.33. The maximum atomic E-state index is 11.9. The van der Waals surface area contributed by atoms with E-state index in [1.165, 1.54) is 0 Å². The Morgan fingerprint density at radius 2 is 1.88 bits per heavy atom. The molecule has 0 aliphatic carbocycles. The van der Waals surface area contributed by atoms with E-state index in [-0.39, 0.29) is 12.0 Å². The van der Waals surface area contributed by atoms with Gasteiger partial charge in [-0.15, -0.1) is 0 Å². The van der Waals surface area contributed by atoms with Crippen LogP contribution in [0.1, 0.15) is 0 Å². The number of carbonyl (C=O) groups excluding carboxylic acids is 1. The number of carbonyl (C=O) groups is 1. The maximum absolute atomic E-state index is 11.9. The predicted molar refractivity (Wildman–Crippen MR) is 67.0 cm³/mol. The fourth-order valence-corrected chi connectivity index (χ4v) is 2.78. The second kappa shape index (κ2) is 4.03. The molecule has 4 heteroatoms. The van der Waals surface area contributed by atoms with Gasteiger partial charge in [0.05, 0.1) is 6.54 Å². The highest BCUT2D eigenvalue weighted by atomic mass is 28.4. The van der Waals surface area contributed by atoms with E-state index in [1.54, 1.807) is 4.90 Å². The van der Waals surface area contributed by atoms with Crippen LogP contribution in [0.4, 0.5) is 5.69 Å². The standard InChI is InChI=1S/C12H17NO2Si/c1-16(2,3)15-11-9-13(12(11)14)10-7-5-4-6-8-10/h4-8,11H,9H2,1-3H3/t11-/m0/s1. The molecule has 1 atom stereocenters. The van der Waals surface area contributed by atoms with Crippen LogP contribution in [0.2, 0.25) is 19.6 Å². The smallest absolute Gasteiger partial charge is 0.256 e. The van der Waals surface area contributed by atoms with Crippen LogP contribution in [0.3, 0.4) is 0 Å². The fraction of sp³-hybridized carbons (Fsp3) is 0.417. The molecule has 0 bridgehead atoms. The van der Waals surface area contributed by atoms with Crippen LogP contribution in [0.5, 0.6) is 0 Å². The summed E-state index contributed by atoms with van der Waals surface area (Å²) in [5.41, 5.74) is 0.961. The third-order valence-corrected chi connectivity index (χ3v) is 3.45. The maximum Gasteiger partial charge on any atom is 0.256 e. The summed E-state index contributed by atoms with van der Waals surface area (Å²) in [5.74, 6) is 0.0913. The van der Waals surface area contributed by atoms with Crippen molar-refractivity contribution in [3.8, 4) is 0 Å². The van der Waals surface area contributed by atoms with Crippen molar-refractivity contribution in [2.75, 3.05) is 11.4 Å². The topological polar surface area (TPSA) is 29.5 Å². The molecule has 3 nitrogen and oxygen atoms in total. The molecule has 0 unspecified atom stereocenters. The van der Waals surface area contributed by atoms with Crippen molar-refractivity contribution in [2.24, 2.45) is 0 Å². The number of para-hydroxylation sites is 1. The van der Waals surface area contributed by atoms with Crippen molar-refractivity contribution in [1.82, 2.24) is 0 Å². The van der Waals surface area contributed by atoms with Crippen molar-refractivity contribution >= 4 is 19.9 Å². The Morgan fingerprint density at radius 3 is 2.38 bits per heavy atom. The van der Waals surface area contributed by atoms with Gasteiger partial charge in [0.25, 0.3) is 5.91 Å². The monoisotopic (exact) mass is 235 g/mol. The van der Waals surface area contributed by atoms with Crippen molar-refractivity contribution in [2.45, 2.75) is 25.7 Å². The molecule has 1 saturated heterocycles. The average Bonchev–Trinajstić information content (AvgIpc) is 2.23. The lowest BCUT2D eigenvalue weighted by molar-refractivity contribution is -0.131. The molecular weight excluding hydrogens is 218 g/mol. The third-order valence-electron chi connectivity index (χ3n) is 2.45. The fourth-order valence-electron chi connectivity index (χ4n) is 1.75. The molecule has 16 heavy (non-hydrogen) atoms. The van der Waals surface area contributed by atoms with Crippen LogP contribution in [-0.4, -0.2) is 26.9 Å². The van der Waals surface area contributed by atoms with Gasteiger partial charge in [0.1, 0.15) is 6.10 Å². The van der Waals surface area contributed by atoms with Crippen molar-refractivity contribution in [1.29, 1.82) is 0 Å². The predicted octanol–water partition coefficient (Wildman–Crippen LogP) is 2.25. The van der Waals surface area contributed by atoms with Gasteiger partial charge in [-0.05, 0) is 31.8 Å². The summed E-state index contributed by atoms with van der Waals surface area (Å²) in [5, 5.41) is 0. The van der Waals surface area contributed by atoms with E-state index in [1.807, 2.05) is 30.3 Å². The van der Waals surface area contributed by atoms with Gasteiger partial charge < -0.3 is 9.33 Å². The molecule has 0 spiro atoms. The SMILES string of the molecule is C[Si](C)(C)O[C@H]1CN(c2ccccc2)C1=O. The number of anilines is 1.